The van der Waals surface area contributed by atoms with Gasteiger partial charge >= 0.3 is 0 Å². The Morgan fingerprint density at radius 2 is 2.27 bits per heavy atom. The van der Waals surface area contributed by atoms with Crippen molar-refractivity contribution in [3.05, 3.63) is 54.4 Å². The molecule has 0 radical (unpaired) electrons. The highest BCUT2D eigenvalue weighted by Crippen LogP contribution is 2.29. The Bertz CT molecular complexity index is 1020. The van der Waals surface area contributed by atoms with E-state index < -0.39 is 0 Å². The molecule has 1 aliphatic heterocycles. The van der Waals surface area contributed by atoms with Gasteiger partial charge in [-0.3, -0.25) is 4.98 Å². The van der Waals surface area contributed by atoms with E-state index in [0.29, 0.717) is 18.2 Å². The number of fused-ring (bicyclic) bond motifs is 1. The summed E-state index contributed by atoms with van der Waals surface area (Å²) < 4.78 is 7.27. The zero-order valence-electron chi connectivity index (χ0n) is 14.6. The summed E-state index contributed by atoms with van der Waals surface area (Å²) in [4.78, 5) is 4.61. The number of hydrogen-bond donors (Lipinski definition) is 1. The average Bonchev–Trinajstić information content (AvgIpc) is 3.30. The van der Waals surface area contributed by atoms with E-state index in [1.807, 2.05) is 37.4 Å². The predicted molar refractivity (Wildman–Crippen MR) is 101 cm³/mol. The van der Waals surface area contributed by atoms with E-state index in [0.717, 1.165) is 46.8 Å². The van der Waals surface area contributed by atoms with E-state index in [9.17, 15) is 0 Å². The standard InChI is InChI=1S/C20H19N5O/c1-13(2)17-11-22-19(8-18(17)24-15-5-6-26-12-15)20-4-3-16-7-14(9-21)10-23-25(16)20/h3-4,7-8,10-11,15H,1,5-6,12H2,2H3,(H,22,24). The lowest BCUT2D eigenvalue weighted by molar-refractivity contribution is 0.195. The van der Waals surface area contributed by atoms with Crippen LogP contribution in [0.5, 0.6) is 0 Å². The lowest BCUT2D eigenvalue weighted by Gasteiger charge is -2.17. The molecule has 1 N–H and O–H groups in total. The van der Waals surface area contributed by atoms with Crippen molar-refractivity contribution in [2.75, 3.05) is 18.5 Å². The molecule has 0 bridgehead atoms. The van der Waals surface area contributed by atoms with Gasteiger partial charge in [-0.1, -0.05) is 6.58 Å². The Labute approximate surface area is 151 Å². The van der Waals surface area contributed by atoms with Gasteiger partial charge in [0.2, 0.25) is 0 Å². The first-order valence-electron chi connectivity index (χ1n) is 8.54. The first kappa shape index (κ1) is 16.3. The summed E-state index contributed by atoms with van der Waals surface area (Å²) in [6.07, 6.45) is 4.40. The summed E-state index contributed by atoms with van der Waals surface area (Å²) in [7, 11) is 0. The molecule has 1 saturated heterocycles. The summed E-state index contributed by atoms with van der Waals surface area (Å²) in [5.74, 6) is 0. The van der Waals surface area contributed by atoms with Gasteiger partial charge in [-0.15, -0.1) is 0 Å². The Kier molecular flexibility index (Phi) is 4.15. The van der Waals surface area contributed by atoms with Crippen LogP contribution in [0.1, 0.15) is 24.5 Å². The van der Waals surface area contributed by atoms with Crippen LogP contribution in [0.2, 0.25) is 0 Å². The van der Waals surface area contributed by atoms with Gasteiger partial charge < -0.3 is 10.1 Å². The molecule has 6 nitrogen and oxygen atoms in total. The highest BCUT2D eigenvalue weighted by atomic mass is 16.5. The SMILES string of the molecule is C=C(C)c1cnc(-c2ccc3cc(C#N)cnn23)cc1NC1CCOC1. The molecule has 26 heavy (non-hydrogen) atoms. The fourth-order valence-electron chi connectivity index (χ4n) is 3.18. The van der Waals surface area contributed by atoms with Gasteiger partial charge in [-0.2, -0.15) is 10.4 Å². The first-order valence-corrected chi connectivity index (χ1v) is 8.54. The van der Waals surface area contributed by atoms with Gasteiger partial charge in [-0.05, 0) is 43.2 Å². The molecule has 0 saturated carbocycles. The number of nitrogens with one attached hydrogen (secondary N) is 1. The lowest BCUT2D eigenvalue weighted by Crippen LogP contribution is -2.20. The van der Waals surface area contributed by atoms with E-state index >= 15 is 0 Å². The molecule has 3 aromatic heterocycles. The van der Waals surface area contributed by atoms with Crippen LogP contribution in [-0.4, -0.2) is 33.9 Å². The van der Waals surface area contributed by atoms with Gasteiger partial charge in [0.15, 0.2) is 0 Å². The Hall–Kier alpha value is -3.17. The van der Waals surface area contributed by atoms with Gasteiger partial charge in [0.25, 0.3) is 0 Å². The smallest absolute Gasteiger partial charge is 0.101 e. The number of anilines is 1. The molecule has 1 unspecified atom stereocenters. The maximum Gasteiger partial charge on any atom is 0.101 e. The van der Waals surface area contributed by atoms with Gasteiger partial charge in [0, 0.05) is 24.1 Å². The number of nitriles is 1. The van der Waals surface area contributed by atoms with Crippen LogP contribution in [0.15, 0.2) is 43.2 Å². The molecule has 1 fully saturated rings. The summed E-state index contributed by atoms with van der Waals surface area (Å²) in [6, 6.07) is 10.2. The number of allylic oxidation sites excluding steroid dienone is 1. The number of aromatic nitrogens is 3. The summed E-state index contributed by atoms with van der Waals surface area (Å²) in [5, 5.41) is 17.0. The lowest BCUT2D eigenvalue weighted by atomic mass is 10.1. The van der Waals surface area contributed by atoms with Crippen molar-refractivity contribution in [3.8, 4) is 17.5 Å². The molecule has 3 aromatic rings. The minimum absolute atomic E-state index is 0.295. The van der Waals surface area contributed by atoms with E-state index in [2.05, 4.69) is 28.0 Å². The Balaban J connectivity index is 1.77. The second-order valence-electron chi connectivity index (χ2n) is 6.51. The third-order valence-electron chi connectivity index (χ3n) is 4.54. The Morgan fingerprint density at radius 3 is 3.00 bits per heavy atom. The molecule has 0 aromatic carbocycles. The normalized spacial score (nSPS) is 16.5. The summed E-state index contributed by atoms with van der Waals surface area (Å²) in [6.45, 7) is 7.53. The molecule has 0 amide bonds. The van der Waals surface area contributed by atoms with Crippen molar-refractivity contribution in [1.82, 2.24) is 14.6 Å². The zero-order valence-corrected chi connectivity index (χ0v) is 14.6. The van der Waals surface area contributed by atoms with Crippen LogP contribution in [0.4, 0.5) is 5.69 Å². The quantitative estimate of drug-likeness (QED) is 0.783. The molecular weight excluding hydrogens is 326 g/mol. The van der Waals surface area contributed by atoms with E-state index in [-0.39, 0.29) is 0 Å². The maximum atomic E-state index is 9.04. The number of ether oxygens (including phenoxy) is 1. The van der Waals surface area contributed by atoms with E-state index in [1.54, 1.807) is 10.7 Å². The summed E-state index contributed by atoms with van der Waals surface area (Å²) in [5.41, 5.74) is 6.06. The van der Waals surface area contributed by atoms with E-state index in [1.165, 1.54) is 0 Å². The van der Waals surface area contributed by atoms with Crippen LogP contribution in [0.3, 0.4) is 0 Å². The van der Waals surface area contributed by atoms with Gasteiger partial charge in [0.1, 0.15) is 6.07 Å². The molecule has 1 atom stereocenters. The number of pyridine rings is 1. The monoisotopic (exact) mass is 345 g/mol. The van der Waals surface area contributed by atoms with Gasteiger partial charge in [-0.25, -0.2) is 4.52 Å². The fraction of sp³-hybridized carbons (Fsp3) is 0.250. The fourth-order valence-corrected chi connectivity index (χ4v) is 3.18. The average molecular weight is 345 g/mol. The predicted octanol–water partition coefficient (Wildman–Crippen LogP) is 3.50. The highest BCUT2D eigenvalue weighted by Gasteiger charge is 2.18. The third-order valence-corrected chi connectivity index (χ3v) is 4.54. The van der Waals surface area contributed by atoms with Gasteiger partial charge in [0.05, 0.1) is 41.3 Å². The van der Waals surface area contributed by atoms with Crippen molar-refractivity contribution in [2.45, 2.75) is 19.4 Å². The largest absolute Gasteiger partial charge is 0.379 e. The molecule has 6 heteroatoms. The molecule has 0 spiro atoms. The molecular formula is C20H19N5O. The molecule has 0 aliphatic carbocycles. The maximum absolute atomic E-state index is 9.04. The summed E-state index contributed by atoms with van der Waals surface area (Å²) >= 11 is 0. The van der Waals surface area contributed by atoms with Crippen LogP contribution in [0, 0.1) is 11.3 Å². The minimum atomic E-state index is 0.295. The third kappa shape index (κ3) is 2.93. The van der Waals surface area contributed by atoms with Crippen LogP contribution >= 0.6 is 0 Å². The van der Waals surface area contributed by atoms with E-state index in [4.69, 9.17) is 10.00 Å². The Morgan fingerprint density at radius 1 is 1.38 bits per heavy atom. The van der Waals surface area contributed by atoms with Crippen molar-refractivity contribution in [1.29, 1.82) is 5.26 Å². The topological polar surface area (TPSA) is 75.2 Å². The van der Waals surface area contributed by atoms with Crippen LogP contribution in [-0.2, 0) is 4.74 Å². The van der Waals surface area contributed by atoms with Crippen molar-refractivity contribution >= 4 is 16.8 Å². The molecule has 130 valence electrons. The molecule has 1 aliphatic rings. The second-order valence-corrected chi connectivity index (χ2v) is 6.51. The highest BCUT2D eigenvalue weighted by molar-refractivity contribution is 5.77. The van der Waals surface area contributed by atoms with Crippen LogP contribution in [0.25, 0.3) is 22.5 Å². The number of nitrogens with zero attached hydrogens (tertiary/aromatic N) is 4. The van der Waals surface area contributed by atoms with Crippen LogP contribution < -0.4 is 5.32 Å². The second kappa shape index (κ2) is 6.62. The van der Waals surface area contributed by atoms with Crippen molar-refractivity contribution in [3.63, 3.8) is 0 Å². The number of hydrogen-bond acceptors (Lipinski definition) is 5. The van der Waals surface area contributed by atoms with Crippen molar-refractivity contribution < 1.29 is 4.74 Å². The first-order chi connectivity index (χ1) is 12.7. The molecule has 4 heterocycles. The minimum Gasteiger partial charge on any atom is -0.379 e. The number of rotatable bonds is 4. The zero-order chi connectivity index (χ0) is 18.1. The van der Waals surface area contributed by atoms with Crippen molar-refractivity contribution in [2.24, 2.45) is 0 Å². The molecule has 4 rings (SSSR count).